The Kier molecular flexibility index (Phi) is 4.45. The van der Waals surface area contributed by atoms with E-state index in [4.69, 9.17) is 10.5 Å². The molecule has 1 atom stereocenters. The van der Waals surface area contributed by atoms with E-state index >= 15 is 0 Å². The van der Waals surface area contributed by atoms with Gasteiger partial charge in [0, 0.05) is 25.2 Å². The van der Waals surface area contributed by atoms with Gasteiger partial charge in [0.1, 0.15) is 0 Å². The lowest BCUT2D eigenvalue weighted by molar-refractivity contribution is 0.122. The maximum absolute atomic E-state index is 12.1. The minimum absolute atomic E-state index is 0.0516. The smallest absolute Gasteiger partial charge is 0.268 e. The van der Waals surface area contributed by atoms with Crippen molar-refractivity contribution >= 4 is 5.69 Å². The van der Waals surface area contributed by atoms with Crippen molar-refractivity contribution in [3.63, 3.8) is 0 Å². The van der Waals surface area contributed by atoms with Gasteiger partial charge in [0.15, 0.2) is 0 Å². The molecule has 2 heterocycles. The molecule has 1 saturated heterocycles. The van der Waals surface area contributed by atoms with Crippen molar-refractivity contribution in [3.8, 4) is 0 Å². The molecule has 20 heavy (non-hydrogen) atoms. The lowest BCUT2D eigenvalue weighted by Gasteiger charge is -2.29. The van der Waals surface area contributed by atoms with Crippen LogP contribution in [-0.2, 0) is 11.3 Å². The summed E-state index contributed by atoms with van der Waals surface area (Å²) in [7, 11) is 0. The molecule has 0 aromatic carbocycles. The zero-order valence-electron chi connectivity index (χ0n) is 12.5. The maximum atomic E-state index is 12.1. The van der Waals surface area contributed by atoms with Gasteiger partial charge in [-0.3, -0.25) is 4.79 Å². The molecule has 0 amide bonds. The van der Waals surface area contributed by atoms with Crippen molar-refractivity contribution in [2.45, 2.75) is 33.4 Å². The molecular formula is C14H24N4O2. The number of hydrogen-bond acceptors (Lipinski definition) is 5. The topological polar surface area (TPSA) is 73.4 Å². The van der Waals surface area contributed by atoms with E-state index in [2.05, 4.69) is 30.8 Å². The predicted octanol–water partition coefficient (Wildman–Crippen LogP) is 0.453. The van der Waals surface area contributed by atoms with E-state index in [1.165, 1.54) is 4.68 Å². The van der Waals surface area contributed by atoms with E-state index in [9.17, 15) is 4.79 Å². The minimum Gasteiger partial charge on any atom is -0.378 e. The summed E-state index contributed by atoms with van der Waals surface area (Å²) in [5.74, 6) is 0. The van der Waals surface area contributed by atoms with Crippen LogP contribution in [0.2, 0.25) is 0 Å². The third-order valence-corrected chi connectivity index (χ3v) is 3.71. The molecule has 0 saturated carbocycles. The molecule has 1 aliphatic heterocycles. The second-order valence-electron chi connectivity index (χ2n) is 6.31. The summed E-state index contributed by atoms with van der Waals surface area (Å²) in [4.78, 5) is 14.2. The Morgan fingerprint density at radius 1 is 1.40 bits per heavy atom. The van der Waals surface area contributed by atoms with E-state index in [1.54, 1.807) is 12.3 Å². The van der Waals surface area contributed by atoms with Crippen LogP contribution in [0.25, 0.3) is 0 Å². The largest absolute Gasteiger partial charge is 0.378 e. The van der Waals surface area contributed by atoms with Gasteiger partial charge in [-0.15, -0.1) is 0 Å². The highest BCUT2D eigenvalue weighted by atomic mass is 16.5. The van der Waals surface area contributed by atoms with Gasteiger partial charge in [0.25, 0.3) is 5.56 Å². The zero-order chi connectivity index (χ0) is 14.8. The van der Waals surface area contributed by atoms with Gasteiger partial charge >= 0.3 is 0 Å². The average Bonchev–Trinajstić information content (AvgIpc) is 2.41. The molecule has 112 valence electrons. The average molecular weight is 280 g/mol. The number of hydrogen-bond donors (Lipinski definition) is 1. The fraction of sp³-hybridized carbons (Fsp3) is 0.714. The normalized spacial score (nSPS) is 18.1. The van der Waals surface area contributed by atoms with Gasteiger partial charge in [-0.2, -0.15) is 5.10 Å². The standard InChI is InChI=1S/C14H24N4O2/c1-14(2,3)12(15)10-18-13(19)8-11(9-16-18)17-4-6-20-7-5-17/h8-9,12H,4-7,10,15H2,1-3H3. The van der Waals surface area contributed by atoms with Gasteiger partial charge in [-0.1, -0.05) is 20.8 Å². The van der Waals surface area contributed by atoms with Crippen LogP contribution < -0.4 is 16.2 Å². The molecule has 2 N–H and O–H groups in total. The summed E-state index contributed by atoms with van der Waals surface area (Å²) < 4.78 is 6.75. The van der Waals surface area contributed by atoms with Gasteiger partial charge in [-0.05, 0) is 5.41 Å². The Morgan fingerprint density at radius 2 is 2.05 bits per heavy atom. The Labute approximate surface area is 119 Å². The van der Waals surface area contributed by atoms with Crippen LogP contribution in [0.1, 0.15) is 20.8 Å². The quantitative estimate of drug-likeness (QED) is 0.870. The number of aromatic nitrogens is 2. The summed E-state index contributed by atoms with van der Waals surface area (Å²) in [6.07, 6.45) is 1.74. The summed E-state index contributed by atoms with van der Waals surface area (Å²) in [6.45, 7) is 9.60. The fourth-order valence-electron chi connectivity index (χ4n) is 2.02. The summed E-state index contributed by atoms with van der Waals surface area (Å²) in [5.41, 5.74) is 6.81. The van der Waals surface area contributed by atoms with Crippen molar-refractivity contribution in [2.75, 3.05) is 31.2 Å². The fourth-order valence-corrected chi connectivity index (χ4v) is 2.02. The van der Waals surface area contributed by atoms with Crippen molar-refractivity contribution in [1.29, 1.82) is 0 Å². The van der Waals surface area contributed by atoms with Crippen LogP contribution in [-0.4, -0.2) is 42.1 Å². The molecule has 1 aliphatic rings. The predicted molar refractivity (Wildman–Crippen MR) is 79.0 cm³/mol. The first-order valence-corrected chi connectivity index (χ1v) is 7.03. The highest BCUT2D eigenvalue weighted by Crippen LogP contribution is 2.18. The number of nitrogens with zero attached hydrogens (tertiary/aromatic N) is 3. The Bertz CT molecular complexity index is 501. The summed E-state index contributed by atoms with van der Waals surface area (Å²) in [6, 6.07) is 1.52. The van der Waals surface area contributed by atoms with E-state index in [1.807, 2.05) is 0 Å². The first kappa shape index (κ1) is 15.0. The molecule has 6 heteroatoms. The van der Waals surface area contributed by atoms with Crippen LogP contribution in [0.5, 0.6) is 0 Å². The van der Waals surface area contributed by atoms with Crippen LogP contribution in [0.3, 0.4) is 0 Å². The highest BCUT2D eigenvalue weighted by Gasteiger charge is 2.22. The van der Waals surface area contributed by atoms with Gasteiger partial charge in [0.05, 0.1) is 31.6 Å². The van der Waals surface area contributed by atoms with Gasteiger partial charge < -0.3 is 15.4 Å². The van der Waals surface area contributed by atoms with E-state index in [-0.39, 0.29) is 17.0 Å². The number of ether oxygens (including phenoxy) is 1. The molecular weight excluding hydrogens is 256 g/mol. The molecule has 0 bridgehead atoms. The zero-order valence-corrected chi connectivity index (χ0v) is 12.5. The minimum atomic E-state index is -0.109. The first-order valence-electron chi connectivity index (χ1n) is 7.03. The number of rotatable bonds is 3. The molecule has 1 unspecified atom stereocenters. The van der Waals surface area contributed by atoms with E-state index in [0.29, 0.717) is 19.8 Å². The lowest BCUT2D eigenvalue weighted by atomic mass is 9.87. The SMILES string of the molecule is CC(C)(C)C(N)Cn1ncc(N2CCOCC2)cc1=O. The van der Waals surface area contributed by atoms with Crippen molar-refractivity contribution in [1.82, 2.24) is 9.78 Å². The Hall–Kier alpha value is -1.40. The second kappa shape index (κ2) is 5.93. The van der Waals surface area contributed by atoms with Crippen LogP contribution in [0, 0.1) is 5.41 Å². The second-order valence-corrected chi connectivity index (χ2v) is 6.31. The molecule has 1 fully saturated rings. The molecule has 6 nitrogen and oxygen atoms in total. The van der Waals surface area contributed by atoms with Gasteiger partial charge in [-0.25, -0.2) is 4.68 Å². The van der Waals surface area contributed by atoms with Crippen molar-refractivity contribution in [3.05, 3.63) is 22.6 Å². The van der Waals surface area contributed by atoms with Gasteiger partial charge in [0.2, 0.25) is 0 Å². The van der Waals surface area contributed by atoms with E-state index < -0.39 is 0 Å². The van der Waals surface area contributed by atoms with Crippen LogP contribution in [0.15, 0.2) is 17.1 Å². The summed E-state index contributed by atoms with van der Waals surface area (Å²) in [5, 5.41) is 4.25. The van der Waals surface area contributed by atoms with E-state index in [0.717, 1.165) is 18.8 Å². The third kappa shape index (κ3) is 3.58. The third-order valence-electron chi connectivity index (χ3n) is 3.71. The van der Waals surface area contributed by atoms with Crippen LogP contribution in [0.4, 0.5) is 5.69 Å². The molecule has 1 aromatic heterocycles. The maximum Gasteiger partial charge on any atom is 0.268 e. The molecule has 2 rings (SSSR count). The first-order chi connectivity index (χ1) is 9.38. The lowest BCUT2D eigenvalue weighted by Crippen LogP contribution is -2.42. The summed E-state index contributed by atoms with van der Waals surface area (Å²) >= 11 is 0. The highest BCUT2D eigenvalue weighted by molar-refractivity contribution is 5.43. The van der Waals surface area contributed by atoms with Crippen molar-refractivity contribution in [2.24, 2.45) is 11.1 Å². The number of nitrogens with two attached hydrogens (primary N) is 1. The molecule has 0 radical (unpaired) electrons. The Morgan fingerprint density at radius 3 is 2.60 bits per heavy atom. The Balaban J connectivity index is 2.11. The number of morpholine rings is 1. The number of anilines is 1. The van der Waals surface area contributed by atoms with Crippen LogP contribution >= 0.6 is 0 Å². The molecule has 0 spiro atoms. The van der Waals surface area contributed by atoms with Crippen molar-refractivity contribution < 1.29 is 4.74 Å². The molecule has 1 aromatic rings. The molecule has 0 aliphatic carbocycles. The monoisotopic (exact) mass is 280 g/mol.